The molecule has 2 aromatic heterocycles. The van der Waals surface area contributed by atoms with Gasteiger partial charge in [-0.05, 0) is 59.2 Å². The van der Waals surface area contributed by atoms with Crippen LogP contribution in [0.25, 0.3) is 21.9 Å². The summed E-state index contributed by atoms with van der Waals surface area (Å²) >= 11 is 6.03. The number of fused-ring (bicyclic) bond motifs is 1. The number of piperazine rings is 1. The van der Waals surface area contributed by atoms with Gasteiger partial charge in [0, 0.05) is 61.6 Å². The Kier molecular flexibility index (Phi) is 6.22. The van der Waals surface area contributed by atoms with Crippen molar-refractivity contribution < 1.29 is 13.2 Å². The quantitative estimate of drug-likeness (QED) is 0.417. The first-order valence-electron chi connectivity index (χ1n) is 11.0. The van der Waals surface area contributed by atoms with Gasteiger partial charge in [0.1, 0.15) is 0 Å². The maximum absolute atomic E-state index is 13.2. The van der Waals surface area contributed by atoms with E-state index >= 15 is 0 Å². The zero-order chi connectivity index (χ0) is 24.6. The summed E-state index contributed by atoms with van der Waals surface area (Å²) in [6.45, 7) is 2.86. The van der Waals surface area contributed by atoms with E-state index in [0.717, 1.165) is 27.5 Å². The molecule has 1 fully saturated rings. The van der Waals surface area contributed by atoms with Gasteiger partial charge in [-0.3, -0.25) is 9.78 Å². The van der Waals surface area contributed by atoms with Crippen LogP contribution < -0.4 is 0 Å². The molecule has 2 aromatic carbocycles. The number of aromatic nitrogens is 3. The number of nitrogens with zero attached hydrogens (tertiary/aromatic N) is 5. The highest BCUT2D eigenvalue weighted by atomic mass is 35.5. The second kappa shape index (κ2) is 9.33. The molecule has 0 N–H and O–H groups in total. The van der Waals surface area contributed by atoms with Crippen molar-refractivity contribution in [2.75, 3.05) is 26.2 Å². The molecule has 1 amide bonds. The fraction of sp³-hybridized carbons (Fsp3) is 0.200. The summed E-state index contributed by atoms with van der Waals surface area (Å²) in [7, 11) is -3.69. The molecule has 0 saturated carbocycles. The Bertz CT molecular complexity index is 1520. The minimum atomic E-state index is -3.69. The molecule has 0 aliphatic carbocycles. The lowest BCUT2D eigenvalue weighted by atomic mass is 10.1. The average Bonchev–Trinajstić information content (AvgIpc) is 2.88. The summed E-state index contributed by atoms with van der Waals surface area (Å²) in [4.78, 5) is 27.3. The molecular formula is C25H22ClN5O3S. The molecule has 1 saturated heterocycles. The Morgan fingerprint density at radius 2 is 1.60 bits per heavy atom. The van der Waals surface area contributed by atoms with Crippen LogP contribution in [-0.2, 0) is 10.0 Å². The van der Waals surface area contributed by atoms with Crippen molar-refractivity contribution in [3.05, 3.63) is 83.7 Å². The largest absolute Gasteiger partial charge is 0.333 e. The molecule has 35 heavy (non-hydrogen) atoms. The zero-order valence-corrected chi connectivity index (χ0v) is 20.5. The lowest BCUT2D eigenvalue weighted by Crippen LogP contribution is -2.50. The molecule has 0 bridgehead atoms. The first-order chi connectivity index (χ1) is 16.8. The molecule has 3 heterocycles. The third kappa shape index (κ3) is 4.62. The first kappa shape index (κ1) is 23.3. The highest BCUT2D eigenvalue weighted by Gasteiger charge is 2.31. The summed E-state index contributed by atoms with van der Waals surface area (Å²) in [5.74, 6) is -0.229. The predicted molar refractivity (Wildman–Crippen MR) is 134 cm³/mol. The number of hydrogen-bond acceptors (Lipinski definition) is 6. The molecule has 1 aliphatic heterocycles. The number of amides is 1. The SMILES string of the molecule is Cc1cnccc1-c1cnc(C(=O)N2CCN(S(=O)(=O)c3ccc4cc(Cl)ccc4c3)CC2)nc1. The van der Waals surface area contributed by atoms with Gasteiger partial charge < -0.3 is 4.90 Å². The topological polar surface area (TPSA) is 96.4 Å². The summed E-state index contributed by atoms with van der Waals surface area (Å²) in [6.07, 6.45) is 6.70. The molecule has 0 spiro atoms. The molecule has 178 valence electrons. The highest BCUT2D eigenvalue weighted by Crippen LogP contribution is 2.25. The number of halogens is 1. The second-order valence-electron chi connectivity index (χ2n) is 8.34. The highest BCUT2D eigenvalue weighted by molar-refractivity contribution is 7.89. The molecule has 0 atom stereocenters. The van der Waals surface area contributed by atoms with Crippen LogP contribution in [-0.4, -0.2) is 64.7 Å². The molecule has 0 radical (unpaired) electrons. The minimum Gasteiger partial charge on any atom is -0.333 e. The normalized spacial score (nSPS) is 14.9. The van der Waals surface area contributed by atoms with Crippen molar-refractivity contribution in [1.29, 1.82) is 0 Å². The standard InChI is InChI=1S/C25H22ClN5O3S/c1-17-14-27-7-6-23(17)20-15-28-24(29-16-20)25(32)30-8-10-31(11-9-30)35(33,34)22-5-3-18-12-21(26)4-2-19(18)13-22/h2-7,12-16H,8-11H2,1H3. The predicted octanol–water partition coefficient (Wildman–Crippen LogP) is 3.80. The monoisotopic (exact) mass is 507 g/mol. The number of carbonyl (C=O) groups excluding carboxylic acids is 1. The zero-order valence-electron chi connectivity index (χ0n) is 18.9. The van der Waals surface area contributed by atoms with Gasteiger partial charge in [0.2, 0.25) is 15.8 Å². The third-order valence-corrected chi connectivity index (χ3v) is 8.24. The Labute approximate surface area is 208 Å². The van der Waals surface area contributed by atoms with Gasteiger partial charge in [-0.1, -0.05) is 23.7 Å². The number of benzene rings is 2. The first-order valence-corrected chi connectivity index (χ1v) is 12.9. The molecule has 4 aromatic rings. The Morgan fingerprint density at radius 1 is 0.914 bits per heavy atom. The van der Waals surface area contributed by atoms with E-state index in [0.29, 0.717) is 5.02 Å². The summed E-state index contributed by atoms with van der Waals surface area (Å²) in [5.41, 5.74) is 2.74. The van der Waals surface area contributed by atoms with Crippen LogP contribution in [0.2, 0.25) is 5.02 Å². The number of pyridine rings is 1. The number of aryl methyl sites for hydroxylation is 1. The van der Waals surface area contributed by atoms with Gasteiger partial charge in [0.05, 0.1) is 4.90 Å². The Balaban J connectivity index is 1.27. The Hall–Kier alpha value is -3.40. The smallest absolute Gasteiger partial charge is 0.291 e. The number of rotatable bonds is 4. The van der Waals surface area contributed by atoms with Crippen molar-refractivity contribution in [2.24, 2.45) is 0 Å². The third-order valence-electron chi connectivity index (χ3n) is 6.11. The summed E-state index contributed by atoms with van der Waals surface area (Å²) in [5, 5.41) is 2.27. The lowest BCUT2D eigenvalue weighted by Gasteiger charge is -2.33. The van der Waals surface area contributed by atoms with Crippen LogP contribution in [0, 0.1) is 6.92 Å². The lowest BCUT2D eigenvalue weighted by molar-refractivity contribution is 0.0685. The molecular weight excluding hydrogens is 486 g/mol. The van der Waals surface area contributed by atoms with Gasteiger partial charge in [-0.25, -0.2) is 18.4 Å². The molecule has 8 nitrogen and oxygen atoms in total. The van der Waals surface area contributed by atoms with Crippen molar-refractivity contribution in [1.82, 2.24) is 24.2 Å². The number of sulfonamides is 1. The fourth-order valence-corrected chi connectivity index (χ4v) is 5.79. The number of carbonyl (C=O) groups is 1. The van der Waals surface area contributed by atoms with Crippen LogP contribution in [0.15, 0.2) is 72.1 Å². The van der Waals surface area contributed by atoms with Gasteiger partial charge in [0.15, 0.2) is 0 Å². The van der Waals surface area contributed by atoms with Crippen LogP contribution in [0.5, 0.6) is 0 Å². The van der Waals surface area contributed by atoms with Crippen molar-refractivity contribution in [3.63, 3.8) is 0 Å². The van der Waals surface area contributed by atoms with Crippen molar-refractivity contribution in [2.45, 2.75) is 11.8 Å². The second-order valence-corrected chi connectivity index (χ2v) is 10.7. The van der Waals surface area contributed by atoms with Gasteiger partial charge in [-0.15, -0.1) is 0 Å². The average molecular weight is 508 g/mol. The van der Waals surface area contributed by atoms with Crippen LogP contribution in [0.3, 0.4) is 0 Å². The van der Waals surface area contributed by atoms with E-state index in [9.17, 15) is 13.2 Å². The van der Waals surface area contributed by atoms with Crippen molar-refractivity contribution in [3.8, 4) is 11.1 Å². The van der Waals surface area contributed by atoms with E-state index in [1.807, 2.05) is 13.0 Å². The molecule has 1 aliphatic rings. The van der Waals surface area contributed by atoms with E-state index in [1.54, 1.807) is 66.1 Å². The maximum Gasteiger partial charge on any atom is 0.291 e. The van der Waals surface area contributed by atoms with Crippen LogP contribution in [0.4, 0.5) is 0 Å². The van der Waals surface area contributed by atoms with E-state index < -0.39 is 10.0 Å². The Morgan fingerprint density at radius 3 is 2.31 bits per heavy atom. The fourth-order valence-electron chi connectivity index (χ4n) is 4.15. The van der Waals surface area contributed by atoms with Crippen LogP contribution in [0.1, 0.15) is 16.2 Å². The van der Waals surface area contributed by atoms with E-state index in [4.69, 9.17) is 11.6 Å². The van der Waals surface area contributed by atoms with E-state index in [1.165, 1.54) is 4.31 Å². The minimum absolute atomic E-state index is 0.0879. The van der Waals surface area contributed by atoms with E-state index in [-0.39, 0.29) is 42.8 Å². The molecule has 10 heteroatoms. The maximum atomic E-state index is 13.2. The summed E-state index contributed by atoms with van der Waals surface area (Å²) < 4.78 is 27.8. The van der Waals surface area contributed by atoms with Gasteiger partial charge in [0.25, 0.3) is 5.91 Å². The molecule has 0 unspecified atom stereocenters. The number of hydrogen-bond donors (Lipinski definition) is 0. The summed E-state index contributed by atoms with van der Waals surface area (Å²) in [6, 6.07) is 12.2. The van der Waals surface area contributed by atoms with Crippen molar-refractivity contribution >= 4 is 38.3 Å². The van der Waals surface area contributed by atoms with E-state index in [2.05, 4.69) is 15.0 Å². The van der Waals surface area contributed by atoms with Crippen LogP contribution >= 0.6 is 11.6 Å². The van der Waals surface area contributed by atoms with Gasteiger partial charge in [-0.2, -0.15) is 4.31 Å². The van der Waals surface area contributed by atoms with Gasteiger partial charge >= 0.3 is 0 Å². The molecule has 5 rings (SSSR count).